The molecule has 0 spiro atoms. The summed E-state index contributed by atoms with van der Waals surface area (Å²) < 4.78 is 0. The lowest BCUT2D eigenvalue weighted by Crippen LogP contribution is -2.27. The quantitative estimate of drug-likeness (QED) is 0.678. The summed E-state index contributed by atoms with van der Waals surface area (Å²) >= 11 is 0. The lowest BCUT2D eigenvalue weighted by atomic mass is 9.96. The van der Waals surface area contributed by atoms with E-state index in [1.807, 2.05) is 6.92 Å². The molecule has 0 aliphatic carbocycles. The van der Waals surface area contributed by atoms with Crippen LogP contribution in [0.2, 0.25) is 0 Å². The van der Waals surface area contributed by atoms with Gasteiger partial charge in [-0.1, -0.05) is 20.8 Å². The van der Waals surface area contributed by atoms with E-state index in [-0.39, 0.29) is 18.9 Å². The van der Waals surface area contributed by atoms with Crippen molar-refractivity contribution in [2.24, 2.45) is 11.8 Å². The van der Waals surface area contributed by atoms with Crippen molar-refractivity contribution in [3.63, 3.8) is 0 Å². The molecule has 0 radical (unpaired) electrons. The number of aliphatic carboxylic acids is 1. The minimum Gasteiger partial charge on any atom is -0.481 e. The van der Waals surface area contributed by atoms with Gasteiger partial charge in [-0.05, 0) is 18.3 Å². The van der Waals surface area contributed by atoms with E-state index in [0.717, 1.165) is 6.42 Å². The van der Waals surface area contributed by atoms with E-state index in [9.17, 15) is 9.59 Å². The van der Waals surface area contributed by atoms with E-state index in [2.05, 4.69) is 19.2 Å². The van der Waals surface area contributed by atoms with Crippen molar-refractivity contribution in [1.29, 1.82) is 0 Å². The number of hydrogen-bond donors (Lipinski definition) is 2. The first-order valence-corrected chi connectivity index (χ1v) is 5.40. The second-order valence-corrected chi connectivity index (χ2v) is 4.43. The van der Waals surface area contributed by atoms with Crippen LogP contribution in [0.1, 0.15) is 40.0 Å². The molecular weight excluding hydrogens is 194 g/mol. The Kier molecular flexibility index (Phi) is 6.75. The van der Waals surface area contributed by atoms with Crippen LogP contribution >= 0.6 is 0 Å². The van der Waals surface area contributed by atoms with Crippen molar-refractivity contribution in [2.45, 2.75) is 40.0 Å². The number of carbonyl (C=O) groups is 2. The molecule has 0 rings (SSSR count). The first-order valence-electron chi connectivity index (χ1n) is 5.40. The summed E-state index contributed by atoms with van der Waals surface area (Å²) in [6.45, 7) is 6.51. The molecule has 1 amide bonds. The van der Waals surface area contributed by atoms with E-state index in [1.54, 1.807) is 0 Å². The van der Waals surface area contributed by atoms with Gasteiger partial charge in [0.2, 0.25) is 5.91 Å². The summed E-state index contributed by atoms with van der Waals surface area (Å²) in [6.07, 6.45) is 1.49. The molecule has 0 aromatic carbocycles. The summed E-state index contributed by atoms with van der Waals surface area (Å²) in [4.78, 5) is 21.5. The minimum absolute atomic E-state index is 0.00962. The summed E-state index contributed by atoms with van der Waals surface area (Å²) in [6, 6.07) is 0. The van der Waals surface area contributed by atoms with Crippen LogP contribution in [0.4, 0.5) is 0 Å². The van der Waals surface area contributed by atoms with Gasteiger partial charge in [-0.2, -0.15) is 0 Å². The lowest BCUT2D eigenvalue weighted by Gasteiger charge is -2.13. The van der Waals surface area contributed by atoms with Gasteiger partial charge < -0.3 is 10.4 Å². The summed E-state index contributed by atoms with van der Waals surface area (Å²) in [5, 5.41) is 11.0. The third-order valence-corrected chi connectivity index (χ3v) is 2.07. The molecule has 15 heavy (non-hydrogen) atoms. The van der Waals surface area contributed by atoms with Gasteiger partial charge in [-0.15, -0.1) is 0 Å². The second kappa shape index (κ2) is 7.26. The number of nitrogens with one attached hydrogen (secondary N) is 1. The highest BCUT2D eigenvalue weighted by Gasteiger charge is 2.10. The molecular formula is C11H21NO3. The Hall–Kier alpha value is -1.06. The van der Waals surface area contributed by atoms with Gasteiger partial charge in [-0.3, -0.25) is 9.59 Å². The molecule has 0 aliphatic rings. The van der Waals surface area contributed by atoms with Gasteiger partial charge in [0, 0.05) is 13.0 Å². The zero-order chi connectivity index (χ0) is 11.8. The third-order valence-electron chi connectivity index (χ3n) is 2.07. The van der Waals surface area contributed by atoms with Crippen molar-refractivity contribution >= 4 is 11.9 Å². The Bertz CT molecular complexity index is 214. The summed E-state index contributed by atoms with van der Waals surface area (Å²) in [5.41, 5.74) is 0. The number of amides is 1. The number of carboxylic acid groups (broad SMARTS) is 1. The average molecular weight is 215 g/mol. The van der Waals surface area contributed by atoms with Crippen molar-refractivity contribution in [3.05, 3.63) is 0 Å². The molecule has 2 N–H and O–H groups in total. The molecule has 4 nitrogen and oxygen atoms in total. The molecule has 1 unspecified atom stereocenters. The summed E-state index contributed by atoms with van der Waals surface area (Å²) in [5.74, 6) is 0.0107. The smallest absolute Gasteiger partial charge is 0.305 e. The van der Waals surface area contributed by atoms with Crippen molar-refractivity contribution in [3.8, 4) is 0 Å². The largest absolute Gasteiger partial charge is 0.481 e. The molecule has 0 fully saturated rings. The highest BCUT2D eigenvalue weighted by atomic mass is 16.4. The van der Waals surface area contributed by atoms with Crippen LogP contribution in [0.5, 0.6) is 0 Å². The monoisotopic (exact) mass is 215 g/mol. The predicted molar refractivity (Wildman–Crippen MR) is 58.5 cm³/mol. The summed E-state index contributed by atoms with van der Waals surface area (Å²) in [7, 11) is 0. The molecule has 1 atom stereocenters. The van der Waals surface area contributed by atoms with E-state index in [1.165, 1.54) is 0 Å². The van der Waals surface area contributed by atoms with E-state index in [4.69, 9.17) is 5.11 Å². The van der Waals surface area contributed by atoms with Gasteiger partial charge in [0.1, 0.15) is 0 Å². The number of hydrogen-bond acceptors (Lipinski definition) is 2. The van der Waals surface area contributed by atoms with E-state index >= 15 is 0 Å². The zero-order valence-corrected chi connectivity index (χ0v) is 9.75. The number of rotatable bonds is 7. The fraction of sp³-hybridized carbons (Fsp3) is 0.818. The predicted octanol–water partition coefficient (Wildman–Crippen LogP) is 1.65. The molecule has 0 saturated carbocycles. The van der Waals surface area contributed by atoms with E-state index in [0.29, 0.717) is 18.3 Å². The molecule has 0 saturated heterocycles. The Morgan fingerprint density at radius 2 is 1.87 bits per heavy atom. The van der Waals surface area contributed by atoms with Gasteiger partial charge >= 0.3 is 5.97 Å². The van der Waals surface area contributed by atoms with Crippen LogP contribution < -0.4 is 5.32 Å². The molecule has 4 heteroatoms. The van der Waals surface area contributed by atoms with Crippen LogP contribution in [-0.2, 0) is 9.59 Å². The fourth-order valence-electron chi connectivity index (χ4n) is 1.59. The van der Waals surface area contributed by atoms with Crippen molar-refractivity contribution < 1.29 is 14.7 Å². The molecule has 0 heterocycles. The average Bonchev–Trinajstić information content (AvgIpc) is 2.00. The third kappa shape index (κ3) is 9.25. The van der Waals surface area contributed by atoms with Crippen LogP contribution in [0.3, 0.4) is 0 Å². The highest BCUT2D eigenvalue weighted by Crippen LogP contribution is 2.13. The van der Waals surface area contributed by atoms with Crippen molar-refractivity contribution in [2.75, 3.05) is 6.54 Å². The topological polar surface area (TPSA) is 66.4 Å². The van der Waals surface area contributed by atoms with Crippen LogP contribution in [-0.4, -0.2) is 23.5 Å². The Balaban J connectivity index is 3.60. The standard InChI is InChI=1S/C11H21NO3/c1-8(2)6-9(3)7-10(13)12-5-4-11(14)15/h8-9H,4-7H2,1-3H3,(H,12,13)(H,14,15). The van der Waals surface area contributed by atoms with Gasteiger partial charge in [0.05, 0.1) is 6.42 Å². The second-order valence-electron chi connectivity index (χ2n) is 4.43. The normalized spacial score (nSPS) is 12.5. The fourth-order valence-corrected chi connectivity index (χ4v) is 1.59. The number of carbonyl (C=O) groups excluding carboxylic acids is 1. The maximum Gasteiger partial charge on any atom is 0.305 e. The molecule has 0 aromatic heterocycles. The molecule has 88 valence electrons. The highest BCUT2D eigenvalue weighted by molar-refractivity contribution is 5.76. The van der Waals surface area contributed by atoms with Gasteiger partial charge in [0.25, 0.3) is 0 Å². The van der Waals surface area contributed by atoms with Crippen molar-refractivity contribution in [1.82, 2.24) is 5.32 Å². The Labute approximate surface area is 91.1 Å². The maximum absolute atomic E-state index is 11.3. The number of carboxylic acids is 1. The van der Waals surface area contributed by atoms with Gasteiger partial charge in [0.15, 0.2) is 0 Å². The molecule has 0 aromatic rings. The zero-order valence-electron chi connectivity index (χ0n) is 9.75. The first kappa shape index (κ1) is 13.9. The molecule has 0 aliphatic heterocycles. The minimum atomic E-state index is -0.884. The van der Waals surface area contributed by atoms with Crippen LogP contribution in [0.15, 0.2) is 0 Å². The lowest BCUT2D eigenvalue weighted by molar-refractivity contribution is -0.136. The van der Waals surface area contributed by atoms with Gasteiger partial charge in [-0.25, -0.2) is 0 Å². The Morgan fingerprint density at radius 1 is 1.27 bits per heavy atom. The van der Waals surface area contributed by atoms with Crippen LogP contribution in [0.25, 0.3) is 0 Å². The first-order chi connectivity index (χ1) is 6.91. The SMILES string of the molecule is CC(C)CC(C)CC(=O)NCCC(=O)O. The van der Waals surface area contributed by atoms with Crippen LogP contribution in [0, 0.1) is 11.8 Å². The molecule has 0 bridgehead atoms. The van der Waals surface area contributed by atoms with E-state index < -0.39 is 5.97 Å². The maximum atomic E-state index is 11.3. The Morgan fingerprint density at radius 3 is 2.33 bits per heavy atom.